The Morgan fingerprint density at radius 3 is 2.65 bits per heavy atom. The molecule has 7 nitrogen and oxygen atoms in total. The van der Waals surface area contributed by atoms with Crippen LogP contribution in [0.25, 0.3) is 0 Å². The van der Waals surface area contributed by atoms with Crippen molar-refractivity contribution in [1.29, 1.82) is 0 Å². The molecule has 1 rings (SSSR count). The molecule has 0 aliphatic rings. The largest absolute Gasteiger partial charge is 0.481 e. The second-order valence-corrected chi connectivity index (χ2v) is 5.23. The zero-order valence-corrected chi connectivity index (χ0v) is 12.1. The summed E-state index contributed by atoms with van der Waals surface area (Å²) in [6.45, 7) is 5.99. The summed E-state index contributed by atoms with van der Waals surface area (Å²) < 4.78 is 0. The number of nitrogens with one attached hydrogen (secondary N) is 2. The lowest BCUT2D eigenvalue weighted by Gasteiger charge is -2.14. The fourth-order valence-corrected chi connectivity index (χ4v) is 1.88. The fraction of sp³-hybridized carbons (Fsp3) is 0.692. The highest BCUT2D eigenvalue weighted by Crippen LogP contribution is 2.11. The number of aromatic amines is 1. The molecule has 0 aliphatic heterocycles. The van der Waals surface area contributed by atoms with Gasteiger partial charge in [0.25, 0.3) is 5.91 Å². The molecule has 0 bridgehead atoms. The van der Waals surface area contributed by atoms with E-state index in [-0.39, 0.29) is 18.3 Å². The number of carboxylic acid groups (broad SMARTS) is 1. The van der Waals surface area contributed by atoms with Crippen molar-refractivity contribution in [3.63, 3.8) is 0 Å². The Labute approximate surface area is 118 Å². The van der Waals surface area contributed by atoms with E-state index in [4.69, 9.17) is 5.11 Å². The predicted octanol–water partition coefficient (Wildman–Crippen LogP) is 1.23. The number of H-pyrrole nitrogens is 1. The van der Waals surface area contributed by atoms with Crippen molar-refractivity contribution in [2.24, 2.45) is 11.8 Å². The minimum absolute atomic E-state index is 0.0575. The average Bonchev–Trinajstić information content (AvgIpc) is 2.82. The topological polar surface area (TPSA) is 108 Å². The van der Waals surface area contributed by atoms with Gasteiger partial charge in [-0.15, -0.1) is 5.10 Å². The second-order valence-electron chi connectivity index (χ2n) is 5.23. The molecular formula is C13H22N4O3. The first kappa shape index (κ1) is 16.1. The summed E-state index contributed by atoms with van der Waals surface area (Å²) in [5.74, 6) is -0.961. The van der Waals surface area contributed by atoms with Crippen molar-refractivity contribution in [3.05, 3.63) is 11.6 Å². The second kappa shape index (κ2) is 7.62. The van der Waals surface area contributed by atoms with E-state index in [0.717, 1.165) is 12.8 Å². The van der Waals surface area contributed by atoms with E-state index in [1.165, 1.54) is 0 Å². The van der Waals surface area contributed by atoms with E-state index in [1.54, 1.807) is 0 Å². The van der Waals surface area contributed by atoms with E-state index in [2.05, 4.69) is 20.5 Å². The Kier molecular flexibility index (Phi) is 6.14. The van der Waals surface area contributed by atoms with Crippen LogP contribution in [0.3, 0.4) is 0 Å². The molecule has 0 saturated carbocycles. The molecule has 0 spiro atoms. The maximum absolute atomic E-state index is 11.8. The molecule has 0 radical (unpaired) electrons. The third-order valence-electron chi connectivity index (χ3n) is 2.84. The quantitative estimate of drug-likeness (QED) is 0.664. The number of aromatic nitrogens is 3. The highest BCUT2D eigenvalue weighted by molar-refractivity contribution is 5.90. The van der Waals surface area contributed by atoms with E-state index in [9.17, 15) is 9.59 Å². The van der Waals surface area contributed by atoms with Gasteiger partial charge in [0.1, 0.15) is 5.82 Å². The van der Waals surface area contributed by atoms with Gasteiger partial charge in [0.2, 0.25) is 5.82 Å². The number of hydrogen-bond acceptors (Lipinski definition) is 4. The van der Waals surface area contributed by atoms with Crippen LogP contribution in [0.2, 0.25) is 0 Å². The standard InChI is InChI=1S/C13H22N4O3/c1-4-5-10-15-11(17-16-10)12(18)14-7-9(13(19)20)6-8(2)3/h8-9H,4-7H2,1-3H3,(H,14,18)(H,19,20)(H,15,16,17). The van der Waals surface area contributed by atoms with Crippen molar-refractivity contribution >= 4 is 11.9 Å². The summed E-state index contributed by atoms with van der Waals surface area (Å²) >= 11 is 0. The first-order chi connectivity index (χ1) is 9.43. The first-order valence-corrected chi connectivity index (χ1v) is 6.86. The van der Waals surface area contributed by atoms with Crippen molar-refractivity contribution < 1.29 is 14.7 Å². The molecule has 0 aromatic carbocycles. The van der Waals surface area contributed by atoms with Crippen molar-refractivity contribution in [2.75, 3.05) is 6.54 Å². The van der Waals surface area contributed by atoms with E-state index >= 15 is 0 Å². The average molecular weight is 282 g/mol. The minimum atomic E-state index is -0.902. The number of hydrogen-bond donors (Lipinski definition) is 3. The molecule has 3 N–H and O–H groups in total. The molecule has 1 unspecified atom stereocenters. The van der Waals surface area contributed by atoms with Crippen LogP contribution in [-0.2, 0) is 11.2 Å². The van der Waals surface area contributed by atoms with Gasteiger partial charge in [-0.05, 0) is 18.8 Å². The van der Waals surface area contributed by atoms with Crippen LogP contribution in [-0.4, -0.2) is 38.7 Å². The van der Waals surface area contributed by atoms with Crippen molar-refractivity contribution in [3.8, 4) is 0 Å². The monoisotopic (exact) mass is 282 g/mol. The van der Waals surface area contributed by atoms with Crippen molar-refractivity contribution in [1.82, 2.24) is 20.5 Å². The number of amides is 1. The summed E-state index contributed by atoms with van der Waals surface area (Å²) in [7, 11) is 0. The Balaban J connectivity index is 2.53. The van der Waals surface area contributed by atoms with Crippen LogP contribution in [0.1, 0.15) is 50.1 Å². The number of carbonyl (C=O) groups excluding carboxylic acids is 1. The highest BCUT2D eigenvalue weighted by atomic mass is 16.4. The van der Waals surface area contributed by atoms with Gasteiger partial charge in [0, 0.05) is 13.0 Å². The Morgan fingerprint density at radius 1 is 1.40 bits per heavy atom. The van der Waals surface area contributed by atoms with Gasteiger partial charge >= 0.3 is 5.97 Å². The van der Waals surface area contributed by atoms with Crippen LogP contribution < -0.4 is 5.32 Å². The smallest absolute Gasteiger partial charge is 0.308 e. The number of aliphatic carboxylic acids is 1. The van der Waals surface area contributed by atoms with Crippen molar-refractivity contribution in [2.45, 2.75) is 40.0 Å². The Morgan fingerprint density at radius 2 is 2.10 bits per heavy atom. The SMILES string of the molecule is CCCc1nc(C(=O)NCC(CC(C)C)C(=O)O)n[nH]1. The molecule has 1 amide bonds. The molecule has 20 heavy (non-hydrogen) atoms. The molecule has 7 heteroatoms. The number of aryl methyl sites for hydroxylation is 1. The molecular weight excluding hydrogens is 260 g/mol. The van der Waals surface area contributed by atoms with E-state index in [0.29, 0.717) is 12.2 Å². The van der Waals surface area contributed by atoms with Gasteiger partial charge in [-0.25, -0.2) is 4.98 Å². The van der Waals surface area contributed by atoms with Crippen LogP contribution >= 0.6 is 0 Å². The molecule has 1 heterocycles. The molecule has 0 fully saturated rings. The summed E-state index contributed by atoms with van der Waals surface area (Å²) in [4.78, 5) is 27.0. The normalized spacial score (nSPS) is 12.4. The van der Waals surface area contributed by atoms with Gasteiger partial charge < -0.3 is 10.4 Å². The van der Waals surface area contributed by atoms with Gasteiger partial charge in [-0.1, -0.05) is 20.8 Å². The molecule has 0 saturated heterocycles. The van der Waals surface area contributed by atoms with E-state index in [1.807, 2.05) is 20.8 Å². The number of carboxylic acids is 1. The lowest BCUT2D eigenvalue weighted by molar-refractivity contribution is -0.142. The molecule has 0 aliphatic carbocycles. The van der Waals surface area contributed by atoms with Crippen LogP contribution in [0, 0.1) is 11.8 Å². The number of rotatable bonds is 8. The molecule has 112 valence electrons. The predicted molar refractivity (Wildman–Crippen MR) is 73.3 cm³/mol. The van der Waals surface area contributed by atoms with E-state index < -0.39 is 17.8 Å². The van der Waals surface area contributed by atoms with Crippen LogP contribution in [0.15, 0.2) is 0 Å². The molecule has 1 atom stereocenters. The Bertz CT molecular complexity index is 456. The minimum Gasteiger partial charge on any atom is -0.481 e. The van der Waals surface area contributed by atoms with Gasteiger partial charge in [-0.3, -0.25) is 14.7 Å². The lowest BCUT2D eigenvalue weighted by Crippen LogP contribution is -2.34. The third kappa shape index (κ3) is 4.99. The zero-order valence-electron chi connectivity index (χ0n) is 12.1. The summed E-state index contributed by atoms with van der Waals surface area (Å²) in [6, 6.07) is 0. The first-order valence-electron chi connectivity index (χ1n) is 6.86. The number of carbonyl (C=O) groups is 2. The Hall–Kier alpha value is -1.92. The molecule has 1 aromatic heterocycles. The lowest BCUT2D eigenvalue weighted by atomic mass is 9.97. The zero-order chi connectivity index (χ0) is 15.1. The van der Waals surface area contributed by atoms with Crippen LogP contribution in [0.5, 0.6) is 0 Å². The highest BCUT2D eigenvalue weighted by Gasteiger charge is 2.21. The summed E-state index contributed by atoms with van der Waals surface area (Å²) in [6.07, 6.45) is 2.15. The third-order valence-corrected chi connectivity index (χ3v) is 2.84. The van der Waals surface area contributed by atoms with Crippen LogP contribution in [0.4, 0.5) is 0 Å². The molecule has 1 aromatic rings. The van der Waals surface area contributed by atoms with Gasteiger partial charge in [0.15, 0.2) is 0 Å². The summed E-state index contributed by atoms with van der Waals surface area (Å²) in [5.41, 5.74) is 0. The van der Waals surface area contributed by atoms with Gasteiger partial charge in [0.05, 0.1) is 5.92 Å². The summed E-state index contributed by atoms with van der Waals surface area (Å²) in [5, 5.41) is 18.2. The number of nitrogens with zero attached hydrogens (tertiary/aromatic N) is 2. The maximum atomic E-state index is 11.8. The van der Waals surface area contributed by atoms with Gasteiger partial charge in [-0.2, -0.15) is 0 Å². The maximum Gasteiger partial charge on any atom is 0.308 e. The fourth-order valence-electron chi connectivity index (χ4n) is 1.88.